The summed E-state index contributed by atoms with van der Waals surface area (Å²) in [7, 11) is 0. The van der Waals surface area contributed by atoms with Crippen LogP contribution in [0.5, 0.6) is 0 Å². The first-order valence-electron chi connectivity index (χ1n) is 6.07. The second-order valence-corrected chi connectivity index (χ2v) is 4.83. The summed E-state index contributed by atoms with van der Waals surface area (Å²) in [5, 5.41) is 13.5. The highest BCUT2D eigenvalue weighted by atomic mass is 35.5. The Hall–Kier alpha value is -2.87. The van der Waals surface area contributed by atoms with Gasteiger partial charge < -0.3 is 16.0 Å². The highest BCUT2D eigenvalue weighted by Gasteiger charge is 2.22. The van der Waals surface area contributed by atoms with E-state index in [2.05, 4.69) is 10.3 Å². The maximum absolute atomic E-state index is 12.0. The largest absolute Gasteiger partial charge is 0.368 e. The molecule has 1 heterocycles. The highest BCUT2D eigenvalue weighted by Crippen LogP contribution is 2.18. The number of rotatable bonds is 5. The third-order valence-corrected chi connectivity index (χ3v) is 3.14. The average Bonchev–Trinajstić information content (AvgIpc) is 2.95. The van der Waals surface area contributed by atoms with E-state index in [0.29, 0.717) is 10.6 Å². The molecule has 0 bridgehead atoms. The lowest BCUT2D eigenvalue weighted by atomic mass is 10.1. The number of aromatic amines is 1. The smallest absolute Gasteiger partial charge is 0.287 e. The highest BCUT2D eigenvalue weighted by molar-refractivity contribution is 6.30. The van der Waals surface area contributed by atoms with Gasteiger partial charge in [0, 0.05) is 11.1 Å². The zero-order valence-corrected chi connectivity index (χ0v) is 11.8. The van der Waals surface area contributed by atoms with Gasteiger partial charge >= 0.3 is 0 Å². The molecule has 0 radical (unpaired) electrons. The topological polar surface area (TPSA) is 131 Å². The first kappa shape index (κ1) is 15.5. The number of carbonyl (C=O) groups excluding carboxylic acids is 2. The number of halogens is 1. The van der Waals surface area contributed by atoms with Crippen molar-refractivity contribution in [1.82, 2.24) is 10.3 Å². The monoisotopic (exact) mass is 322 g/mol. The molecule has 2 amide bonds. The molecule has 114 valence electrons. The van der Waals surface area contributed by atoms with Crippen molar-refractivity contribution in [2.24, 2.45) is 5.73 Å². The number of amides is 2. The lowest BCUT2D eigenvalue weighted by molar-refractivity contribution is -0.384. The van der Waals surface area contributed by atoms with Gasteiger partial charge in [0.05, 0.1) is 11.1 Å². The number of hydrogen-bond donors (Lipinski definition) is 3. The van der Waals surface area contributed by atoms with Crippen molar-refractivity contribution in [3.8, 4) is 0 Å². The lowest BCUT2D eigenvalue weighted by Crippen LogP contribution is -2.37. The van der Waals surface area contributed by atoms with Crippen LogP contribution in [0, 0.1) is 10.1 Å². The molecule has 0 aliphatic carbocycles. The number of nitrogens with zero attached hydrogens (tertiary/aromatic N) is 1. The second-order valence-electron chi connectivity index (χ2n) is 4.39. The van der Waals surface area contributed by atoms with E-state index < -0.39 is 22.8 Å². The van der Waals surface area contributed by atoms with E-state index in [1.165, 1.54) is 0 Å². The van der Waals surface area contributed by atoms with Gasteiger partial charge in [0.25, 0.3) is 11.6 Å². The van der Waals surface area contributed by atoms with Gasteiger partial charge in [0.15, 0.2) is 0 Å². The molecule has 0 aliphatic rings. The molecule has 0 fully saturated rings. The molecule has 0 saturated carbocycles. The molecule has 4 N–H and O–H groups in total. The van der Waals surface area contributed by atoms with E-state index in [-0.39, 0.29) is 11.4 Å². The summed E-state index contributed by atoms with van der Waals surface area (Å²) in [6.45, 7) is 0. The van der Waals surface area contributed by atoms with Crippen LogP contribution in [0.2, 0.25) is 5.02 Å². The Morgan fingerprint density at radius 3 is 2.45 bits per heavy atom. The predicted molar refractivity (Wildman–Crippen MR) is 78.3 cm³/mol. The Morgan fingerprint density at radius 1 is 1.32 bits per heavy atom. The molecule has 22 heavy (non-hydrogen) atoms. The van der Waals surface area contributed by atoms with Gasteiger partial charge in [-0.3, -0.25) is 19.7 Å². The molecule has 1 atom stereocenters. The van der Waals surface area contributed by atoms with Crippen LogP contribution in [-0.2, 0) is 4.79 Å². The molecular formula is C13H11ClN4O4. The van der Waals surface area contributed by atoms with E-state index in [1.807, 2.05) is 0 Å². The van der Waals surface area contributed by atoms with Gasteiger partial charge in [-0.1, -0.05) is 23.7 Å². The molecule has 0 spiro atoms. The van der Waals surface area contributed by atoms with Crippen molar-refractivity contribution in [1.29, 1.82) is 0 Å². The molecule has 1 aromatic carbocycles. The molecule has 0 saturated heterocycles. The van der Waals surface area contributed by atoms with Crippen molar-refractivity contribution < 1.29 is 14.5 Å². The Kier molecular flexibility index (Phi) is 4.42. The zero-order valence-electron chi connectivity index (χ0n) is 11.1. The summed E-state index contributed by atoms with van der Waals surface area (Å²) in [5.41, 5.74) is 5.43. The van der Waals surface area contributed by atoms with E-state index >= 15 is 0 Å². The normalized spacial score (nSPS) is 11.7. The van der Waals surface area contributed by atoms with Crippen molar-refractivity contribution in [2.75, 3.05) is 0 Å². The summed E-state index contributed by atoms with van der Waals surface area (Å²) >= 11 is 5.76. The van der Waals surface area contributed by atoms with E-state index in [4.69, 9.17) is 17.3 Å². The van der Waals surface area contributed by atoms with E-state index in [0.717, 1.165) is 12.3 Å². The van der Waals surface area contributed by atoms with Crippen LogP contribution in [0.15, 0.2) is 36.5 Å². The van der Waals surface area contributed by atoms with Crippen molar-refractivity contribution in [3.05, 3.63) is 62.9 Å². The molecule has 9 heteroatoms. The fraction of sp³-hybridized carbons (Fsp3) is 0.0769. The van der Waals surface area contributed by atoms with E-state index in [1.54, 1.807) is 24.3 Å². The number of benzene rings is 1. The minimum absolute atomic E-state index is 0.0492. The standard InChI is InChI=1S/C13H11ClN4O4/c14-8-3-1-7(2-4-8)11(12(15)19)17-13(20)10-5-9(6-16-10)18(21)22/h1-6,11,16H,(H2,15,19)(H,17,20). The SMILES string of the molecule is NC(=O)C(NC(=O)c1cc([N+](=O)[O-])c[nH]1)c1ccc(Cl)cc1. The van der Waals surface area contributed by atoms with Crippen LogP contribution < -0.4 is 11.1 Å². The van der Waals surface area contributed by atoms with Crippen molar-refractivity contribution in [3.63, 3.8) is 0 Å². The number of nitrogens with two attached hydrogens (primary N) is 1. The summed E-state index contributed by atoms with van der Waals surface area (Å²) in [5.74, 6) is -1.46. The molecule has 1 unspecified atom stereocenters. The van der Waals surface area contributed by atoms with Gasteiger partial charge in [0.2, 0.25) is 5.91 Å². The zero-order chi connectivity index (χ0) is 16.3. The molecule has 2 aromatic rings. The fourth-order valence-corrected chi connectivity index (χ4v) is 1.93. The number of nitrogens with one attached hydrogen (secondary N) is 2. The Labute approximate surface area is 129 Å². The van der Waals surface area contributed by atoms with Gasteiger partial charge in [-0.25, -0.2) is 0 Å². The van der Waals surface area contributed by atoms with Gasteiger partial charge in [-0.2, -0.15) is 0 Å². The van der Waals surface area contributed by atoms with Crippen LogP contribution >= 0.6 is 11.6 Å². The van der Waals surface area contributed by atoms with Crippen LogP contribution in [-0.4, -0.2) is 21.7 Å². The third-order valence-electron chi connectivity index (χ3n) is 2.89. The maximum Gasteiger partial charge on any atom is 0.287 e. The van der Waals surface area contributed by atoms with Crippen molar-refractivity contribution in [2.45, 2.75) is 6.04 Å². The molecular weight excluding hydrogens is 312 g/mol. The number of carbonyl (C=O) groups is 2. The van der Waals surface area contributed by atoms with Crippen LogP contribution in [0.25, 0.3) is 0 Å². The average molecular weight is 323 g/mol. The Morgan fingerprint density at radius 2 is 1.95 bits per heavy atom. The quantitative estimate of drug-likeness (QED) is 0.569. The second kappa shape index (κ2) is 6.27. The summed E-state index contributed by atoms with van der Waals surface area (Å²) < 4.78 is 0. The van der Waals surface area contributed by atoms with Crippen molar-refractivity contribution >= 4 is 29.1 Å². The first-order valence-corrected chi connectivity index (χ1v) is 6.44. The summed E-state index contributed by atoms with van der Waals surface area (Å²) in [6.07, 6.45) is 1.08. The molecule has 8 nitrogen and oxygen atoms in total. The minimum atomic E-state index is -1.08. The number of hydrogen-bond acceptors (Lipinski definition) is 4. The molecule has 1 aromatic heterocycles. The number of nitro groups is 1. The van der Waals surface area contributed by atoms with Crippen LogP contribution in [0.4, 0.5) is 5.69 Å². The Balaban J connectivity index is 2.20. The maximum atomic E-state index is 12.0. The number of aromatic nitrogens is 1. The third kappa shape index (κ3) is 3.41. The number of H-pyrrole nitrogens is 1. The van der Waals surface area contributed by atoms with Gasteiger partial charge in [0.1, 0.15) is 11.7 Å². The molecule has 2 rings (SSSR count). The minimum Gasteiger partial charge on any atom is -0.368 e. The van der Waals surface area contributed by atoms with Crippen LogP contribution in [0.1, 0.15) is 22.1 Å². The summed E-state index contributed by atoms with van der Waals surface area (Å²) in [6, 6.07) is 6.20. The van der Waals surface area contributed by atoms with Gasteiger partial charge in [-0.05, 0) is 17.7 Å². The molecule has 0 aliphatic heterocycles. The summed E-state index contributed by atoms with van der Waals surface area (Å²) in [4.78, 5) is 36.0. The lowest BCUT2D eigenvalue weighted by Gasteiger charge is -2.15. The van der Waals surface area contributed by atoms with E-state index in [9.17, 15) is 19.7 Å². The number of primary amides is 1. The fourth-order valence-electron chi connectivity index (χ4n) is 1.80. The van der Waals surface area contributed by atoms with Crippen LogP contribution in [0.3, 0.4) is 0 Å². The Bertz CT molecular complexity index is 726. The first-order chi connectivity index (χ1) is 10.4. The predicted octanol–water partition coefficient (Wildman–Crippen LogP) is 1.53. The van der Waals surface area contributed by atoms with Gasteiger partial charge in [-0.15, -0.1) is 0 Å².